The van der Waals surface area contributed by atoms with Crippen LogP contribution in [0.1, 0.15) is 85.8 Å². The number of nitrogens with zero attached hydrogens (tertiary/aromatic N) is 2. The van der Waals surface area contributed by atoms with Gasteiger partial charge in [0.2, 0.25) is 29.4 Å². The molecular weight excluding hydrogens is 775 g/mol. The molecule has 60 heavy (non-hydrogen) atoms. The molecule has 6 N–H and O–H groups in total. The van der Waals surface area contributed by atoms with Gasteiger partial charge in [-0.2, -0.15) is 0 Å². The van der Waals surface area contributed by atoms with Gasteiger partial charge < -0.3 is 36.6 Å². The van der Waals surface area contributed by atoms with Gasteiger partial charge in [-0.1, -0.05) is 105 Å². The number of para-hydroxylation sites is 1. The molecule has 6 amide bonds. The van der Waals surface area contributed by atoms with Gasteiger partial charge >= 0.3 is 0 Å². The normalized spacial score (nSPS) is 18.0. The molecule has 0 aromatic heterocycles. The Morgan fingerprint density at radius 1 is 0.867 bits per heavy atom. The van der Waals surface area contributed by atoms with Crippen molar-refractivity contribution in [1.82, 2.24) is 26.2 Å². The molecule has 318 valence electrons. The molecule has 1 saturated heterocycles. The highest BCUT2D eigenvalue weighted by Crippen LogP contribution is 2.31. The number of hydrogen-bond donors (Lipinski definition) is 5. The predicted molar refractivity (Wildman–Crippen MR) is 217 cm³/mol. The Bertz CT molecular complexity index is 2030. The van der Waals surface area contributed by atoms with Gasteiger partial charge in [0.1, 0.15) is 23.7 Å². The maximum atomic E-state index is 14.7. The fraction of sp³-hybridized carbons (Fsp3) is 0.419. The number of carbonyl (C=O) groups is 7. The Balaban J connectivity index is 1.33. The Kier molecular flexibility index (Phi) is 16.0. The first-order valence-electron chi connectivity index (χ1n) is 20.1. The summed E-state index contributed by atoms with van der Waals surface area (Å²) in [5, 5.41) is 21.9. The molecule has 1 heterocycles. The van der Waals surface area contributed by atoms with Crippen LogP contribution in [0.25, 0.3) is 0 Å². The van der Waals surface area contributed by atoms with Crippen molar-refractivity contribution in [1.29, 1.82) is 0 Å². The molecule has 17 heteroatoms. The number of likely N-dealkylation sites (tertiary alicyclic amines) is 1. The number of Topliss-reactive ketones (excluding diaryl/α,β-unsaturated/α-hetero) is 1. The van der Waals surface area contributed by atoms with E-state index in [1.165, 1.54) is 29.2 Å². The van der Waals surface area contributed by atoms with Crippen LogP contribution in [0.15, 0.2) is 84.9 Å². The smallest absolute Gasteiger partial charge is 0.290 e. The van der Waals surface area contributed by atoms with Crippen molar-refractivity contribution in [3.63, 3.8) is 0 Å². The first kappa shape index (κ1) is 44.6. The molecule has 5 unspecified atom stereocenters. The largest absolute Gasteiger partial charge is 0.372 e. The molecule has 2 aliphatic rings. The second kappa shape index (κ2) is 21.5. The van der Waals surface area contributed by atoms with E-state index >= 15 is 0 Å². The van der Waals surface area contributed by atoms with Crippen LogP contribution in [-0.4, -0.2) is 88.4 Å². The minimum atomic E-state index is -1.33. The van der Waals surface area contributed by atoms with Gasteiger partial charge in [-0.3, -0.25) is 43.7 Å². The van der Waals surface area contributed by atoms with Crippen molar-refractivity contribution in [3.8, 4) is 0 Å². The minimum Gasteiger partial charge on any atom is -0.372 e. The van der Waals surface area contributed by atoms with Crippen LogP contribution in [0.3, 0.4) is 0 Å². The number of nitro benzene ring substituents is 1. The van der Waals surface area contributed by atoms with E-state index in [0.29, 0.717) is 24.8 Å². The number of rotatable bonds is 19. The van der Waals surface area contributed by atoms with Crippen molar-refractivity contribution in [2.45, 2.75) is 95.2 Å². The Hall–Kier alpha value is -6.49. The van der Waals surface area contributed by atoms with Gasteiger partial charge in [-0.05, 0) is 42.4 Å². The number of primary amides is 1. The number of nitrogens with one attached hydrogen (secondary N) is 4. The third-order valence-electron chi connectivity index (χ3n) is 10.8. The quantitative estimate of drug-likeness (QED) is 0.0672. The number of benzene rings is 3. The third kappa shape index (κ3) is 11.8. The molecule has 0 spiro atoms. The van der Waals surface area contributed by atoms with E-state index in [1.54, 1.807) is 37.3 Å². The van der Waals surface area contributed by atoms with Gasteiger partial charge in [-0.15, -0.1) is 0 Å². The van der Waals surface area contributed by atoms with Gasteiger partial charge in [0.05, 0.1) is 30.2 Å². The summed E-state index contributed by atoms with van der Waals surface area (Å²) in [6.45, 7) is 1.22. The lowest BCUT2D eigenvalue weighted by Gasteiger charge is -2.34. The second-order valence-corrected chi connectivity index (χ2v) is 15.0. The average molecular weight is 826 g/mol. The lowest BCUT2D eigenvalue weighted by Crippen LogP contribution is -2.58. The first-order chi connectivity index (χ1) is 28.9. The number of nitro groups is 1. The Morgan fingerprint density at radius 3 is 2.17 bits per heavy atom. The van der Waals surface area contributed by atoms with Crippen molar-refractivity contribution in [2.24, 2.45) is 11.7 Å². The average Bonchev–Trinajstić information content (AvgIpc) is 3.70. The maximum absolute atomic E-state index is 14.7. The fourth-order valence-electron chi connectivity index (χ4n) is 7.68. The van der Waals surface area contributed by atoms with E-state index < -0.39 is 88.7 Å². The summed E-state index contributed by atoms with van der Waals surface area (Å²) >= 11 is 0. The highest BCUT2D eigenvalue weighted by atomic mass is 16.6. The van der Waals surface area contributed by atoms with Gasteiger partial charge in [0.25, 0.3) is 17.5 Å². The molecule has 5 atom stereocenters. The number of hydrogen-bond acceptors (Lipinski definition) is 10. The van der Waals surface area contributed by atoms with Crippen molar-refractivity contribution < 1.29 is 43.2 Å². The summed E-state index contributed by atoms with van der Waals surface area (Å²) < 4.78 is 6.20. The first-order valence-corrected chi connectivity index (χ1v) is 20.1. The molecule has 17 nitrogen and oxygen atoms in total. The Morgan fingerprint density at radius 2 is 1.52 bits per heavy atom. The van der Waals surface area contributed by atoms with Gasteiger partial charge in [0.15, 0.2) is 0 Å². The number of ketones is 1. The van der Waals surface area contributed by atoms with E-state index in [9.17, 15) is 43.7 Å². The molecule has 1 aliphatic carbocycles. The zero-order valence-corrected chi connectivity index (χ0v) is 33.4. The number of ether oxygens (including phenoxy) is 1. The van der Waals surface area contributed by atoms with Crippen molar-refractivity contribution in [3.05, 3.63) is 112 Å². The molecule has 0 radical (unpaired) electrons. The predicted octanol–water partition coefficient (Wildman–Crippen LogP) is 2.77. The van der Waals surface area contributed by atoms with Gasteiger partial charge in [0, 0.05) is 19.0 Å². The lowest BCUT2D eigenvalue weighted by atomic mass is 9.83. The number of amides is 6. The summed E-state index contributed by atoms with van der Waals surface area (Å²) in [6, 6.07) is 18.1. The van der Waals surface area contributed by atoms with Crippen molar-refractivity contribution in [2.75, 3.05) is 13.1 Å². The zero-order valence-electron chi connectivity index (χ0n) is 33.4. The van der Waals surface area contributed by atoms with E-state index in [-0.39, 0.29) is 37.5 Å². The summed E-state index contributed by atoms with van der Waals surface area (Å²) in [5.74, 6) is -6.24. The highest BCUT2D eigenvalue weighted by Gasteiger charge is 2.45. The Labute approximate surface area is 347 Å². The van der Waals surface area contributed by atoms with Crippen LogP contribution in [0, 0.1) is 16.0 Å². The molecule has 2 fully saturated rings. The van der Waals surface area contributed by atoms with Gasteiger partial charge in [-0.25, -0.2) is 0 Å². The van der Waals surface area contributed by atoms with Crippen LogP contribution in [0.2, 0.25) is 0 Å². The van der Waals surface area contributed by atoms with E-state index in [2.05, 4.69) is 21.3 Å². The molecule has 0 bridgehead atoms. The lowest BCUT2D eigenvalue weighted by molar-refractivity contribution is -0.385. The van der Waals surface area contributed by atoms with Crippen LogP contribution in [0.4, 0.5) is 5.69 Å². The van der Waals surface area contributed by atoms with Crippen LogP contribution < -0.4 is 27.0 Å². The zero-order chi connectivity index (χ0) is 43.2. The standard InChI is InChI=1S/C43H51N7O10/c1-2-14-32(38(52)42(56)45-24-35(51)47-36(39(44)53)28-17-8-4-9-18-28)46-41(55)34-23-30(60-26-27-15-6-3-7-16-27)25-49(34)43(57)37(29-19-10-5-11-20-29)48-40(54)31-21-12-13-22-33(31)50(58)59/h3-4,6-9,12-13,15-18,21-22,29-30,32,34,36-37H,2,5,10-11,14,19-20,23-26H2,1H3,(H2,44,53)(H,45,56)(H,46,55)(H,47,51)(H,48,54). The molecular formula is C43H51N7O10. The number of nitrogens with two attached hydrogens (primary N) is 1. The van der Waals surface area contributed by atoms with Crippen molar-refractivity contribution >= 4 is 46.9 Å². The SMILES string of the molecule is CCCC(NC(=O)C1CC(OCc2ccccc2)CN1C(=O)C(NC(=O)c1ccccc1[N+](=O)[O-])C1CCCCC1)C(=O)C(=O)NCC(=O)NC(C(N)=O)c1ccccc1. The fourth-order valence-corrected chi connectivity index (χ4v) is 7.68. The molecule has 1 aliphatic heterocycles. The van der Waals surface area contributed by atoms with E-state index in [1.807, 2.05) is 30.3 Å². The second-order valence-electron chi connectivity index (χ2n) is 15.0. The monoisotopic (exact) mass is 825 g/mol. The van der Waals surface area contributed by atoms with Crippen LogP contribution in [0.5, 0.6) is 0 Å². The van der Waals surface area contributed by atoms with E-state index in [0.717, 1.165) is 24.8 Å². The molecule has 3 aromatic rings. The van der Waals surface area contributed by atoms with Crippen LogP contribution >= 0.6 is 0 Å². The molecule has 1 saturated carbocycles. The van der Waals surface area contributed by atoms with E-state index in [4.69, 9.17) is 10.5 Å². The minimum absolute atomic E-state index is 0.0295. The molecule has 3 aromatic carbocycles. The van der Waals surface area contributed by atoms with Crippen LogP contribution in [-0.2, 0) is 40.1 Å². The summed E-state index contributed by atoms with van der Waals surface area (Å²) in [6.07, 6.45) is 3.55. The maximum Gasteiger partial charge on any atom is 0.290 e. The summed E-state index contributed by atoms with van der Waals surface area (Å²) in [5.41, 5.74) is 6.13. The molecule has 5 rings (SSSR count). The topological polar surface area (TPSA) is 249 Å². The number of carbonyl (C=O) groups excluding carboxylic acids is 7. The summed E-state index contributed by atoms with van der Waals surface area (Å²) in [4.78, 5) is 106. The highest BCUT2D eigenvalue weighted by molar-refractivity contribution is 6.38. The third-order valence-corrected chi connectivity index (χ3v) is 10.8. The summed E-state index contributed by atoms with van der Waals surface area (Å²) in [7, 11) is 0.